The van der Waals surface area contributed by atoms with Crippen LogP contribution in [-0.2, 0) is 26.2 Å². The van der Waals surface area contributed by atoms with Crippen LogP contribution < -0.4 is 9.80 Å². The summed E-state index contributed by atoms with van der Waals surface area (Å²) in [5, 5.41) is 1.41. The molecular weight excluding hydrogens is 663 g/mol. The number of halogens is 2. The van der Waals surface area contributed by atoms with Gasteiger partial charge in [0.05, 0.1) is 10.0 Å². The van der Waals surface area contributed by atoms with E-state index in [1.165, 1.54) is 22.3 Å². The van der Waals surface area contributed by atoms with E-state index in [2.05, 4.69) is 193 Å². The number of nitrogens with zero attached hydrogens (tertiary/aromatic N) is 2. The van der Waals surface area contributed by atoms with Gasteiger partial charge in [-0.15, -0.1) is 0 Å². The quantitative estimate of drug-likeness (QED) is 0.125. The molecule has 0 N–H and O–H groups in total. The first kappa shape index (κ1) is 34.2. The summed E-state index contributed by atoms with van der Waals surface area (Å²) in [5.74, 6) is 0. The molecule has 0 amide bonds. The number of aryl methyl sites for hydroxylation is 1. The van der Waals surface area contributed by atoms with Gasteiger partial charge in [-0.05, 0) is 70.1 Å². The molecule has 7 aromatic carbocycles. The van der Waals surface area contributed by atoms with E-state index in [1.54, 1.807) is 0 Å². The van der Waals surface area contributed by atoms with E-state index >= 15 is 0 Å². The lowest BCUT2D eigenvalue weighted by Crippen LogP contribution is -2.22. The summed E-state index contributed by atoms with van der Waals surface area (Å²) in [6.45, 7) is 5.23. The van der Waals surface area contributed by atoms with Crippen molar-refractivity contribution in [2.45, 2.75) is 33.1 Å². The number of hydrogen-bond donors (Lipinski definition) is 0. The summed E-state index contributed by atoms with van der Waals surface area (Å²) in [6, 6.07) is 61.6. The van der Waals surface area contributed by atoms with Gasteiger partial charge < -0.3 is 9.80 Å². The van der Waals surface area contributed by atoms with E-state index in [1.807, 2.05) is 0 Å². The third kappa shape index (κ3) is 8.37. The second-order valence-electron chi connectivity index (χ2n) is 13.0. The van der Waals surface area contributed by atoms with E-state index < -0.39 is 0 Å². The monoisotopic (exact) mass is 702 g/mol. The van der Waals surface area contributed by atoms with Gasteiger partial charge in [-0.3, -0.25) is 0 Å². The molecule has 0 saturated heterocycles. The number of rotatable bonds is 12. The van der Waals surface area contributed by atoms with E-state index in [9.17, 15) is 0 Å². The molecule has 0 aliphatic carbocycles. The van der Waals surface area contributed by atoms with Gasteiger partial charge in [0.15, 0.2) is 0 Å². The zero-order valence-electron chi connectivity index (χ0n) is 28.7. The normalized spacial score (nSPS) is 11.0. The Morgan fingerprint density at radius 1 is 0.373 bits per heavy atom. The maximum Gasteiger partial charge on any atom is 0.0505 e. The summed E-state index contributed by atoms with van der Waals surface area (Å²) >= 11 is 14.5. The van der Waals surface area contributed by atoms with Crippen LogP contribution in [0.15, 0.2) is 176 Å². The number of anilines is 2. The average Bonchev–Trinajstić information content (AvgIpc) is 3.16. The smallest absolute Gasteiger partial charge is 0.0505 e. The summed E-state index contributed by atoms with van der Waals surface area (Å²) in [4.78, 5) is 4.76. The van der Waals surface area contributed by atoms with Crippen molar-refractivity contribution in [3.05, 3.63) is 214 Å². The van der Waals surface area contributed by atoms with Crippen molar-refractivity contribution in [2.75, 3.05) is 9.80 Å². The molecule has 0 heterocycles. The molecule has 0 saturated carbocycles. The first-order valence-corrected chi connectivity index (χ1v) is 18.1. The Hall–Kier alpha value is -5.28. The Balaban J connectivity index is 1.22. The Morgan fingerprint density at radius 3 is 1.12 bits per heavy atom. The molecule has 7 rings (SSSR count). The van der Waals surface area contributed by atoms with Crippen molar-refractivity contribution < 1.29 is 0 Å². The minimum absolute atomic E-state index is 0.704. The molecule has 252 valence electrons. The molecule has 4 heteroatoms. The Morgan fingerprint density at radius 2 is 0.745 bits per heavy atom. The lowest BCUT2D eigenvalue weighted by atomic mass is 9.90. The minimum atomic E-state index is 0.704. The van der Waals surface area contributed by atoms with Crippen molar-refractivity contribution in [3.8, 4) is 22.3 Å². The maximum absolute atomic E-state index is 7.24. The Kier molecular flexibility index (Phi) is 10.8. The molecule has 0 atom stereocenters. The molecule has 7 aromatic rings. The fourth-order valence-electron chi connectivity index (χ4n) is 6.76. The molecule has 0 fully saturated rings. The molecule has 0 bridgehead atoms. The third-order valence-corrected chi connectivity index (χ3v) is 9.96. The van der Waals surface area contributed by atoms with Gasteiger partial charge in [0.1, 0.15) is 0 Å². The van der Waals surface area contributed by atoms with Crippen LogP contribution in [0.1, 0.15) is 27.8 Å². The van der Waals surface area contributed by atoms with Crippen LogP contribution >= 0.6 is 23.2 Å². The predicted octanol–water partition coefficient (Wildman–Crippen LogP) is 13.0. The lowest BCUT2D eigenvalue weighted by molar-refractivity contribution is 0.800. The van der Waals surface area contributed by atoms with E-state index in [0.29, 0.717) is 10.0 Å². The molecular formula is C47H40Cl2N2. The van der Waals surface area contributed by atoms with Gasteiger partial charge in [-0.2, -0.15) is 0 Å². The number of hydrogen-bond acceptors (Lipinski definition) is 2. The lowest BCUT2D eigenvalue weighted by Gasteiger charge is -2.27. The predicted molar refractivity (Wildman–Crippen MR) is 218 cm³/mol. The Bertz CT molecular complexity index is 2100. The second kappa shape index (κ2) is 16.2. The molecule has 0 aromatic heterocycles. The van der Waals surface area contributed by atoms with Gasteiger partial charge >= 0.3 is 0 Å². The summed E-state index contributed by atoms with van der Waals surface area (Å²) < 4.78 is 0. The number of benzene rings is 7. The van der Waals surface area contributed by atoms with Crippen LogP contribution in [0.3, 0.4) is 0 Å². The molecule has 0 aliphatic heterocycles. The van der Waals surface area contributed by atoms with Gasteiger partial charge in [0, 0.05) is 48.7 Å². The zero-order valence-corrected chi connectivity index (χ0v) is 30.2. The van der Waals surface area contributed by atoms with Gasteiger partial charge in [0.2, 0.25) is 0 Å². The highest BCUT2D eigenvalue weighted by atomic mass is 35.5. The molecule has 0 spiro atoms. The van der Waals surface area contributed by atoms with Crippen molar-refractivity contribution in [1.29, 1.82) is 0 Å². The SMILES string of the molecule is Cc1cccc(-c2ccc(N(Cc3ccccc3)Cc3ccccc3)cc2Cl)c1-c1ccc(N(Cc2ccccc2)Cc2ccccc2)cc1Cl. The highest BCUT2D eigenvalue weighted by Gasteiger charge is 2.19. The highest BCUT2D eigenvalue weighted by molar-refractivity contribution is 6.35. The molecule has 2 nitrogen and oxygen atoms in total. The maximum atomic E-state index is 7.24. The highest BCUT2D eigenvalue weighted by Crippen LogP contribution is 2.43. The van der Waals surface area contributed by atoms with Gasteiger partial charge in [-0.1, -0.05) is 175 Å². The molecule has 0 unspecified atom stereocenters. The van der Waals surface area contributed by atoms with Gasteiger partial charge in [0.25, 0.3) is 0 Å². The Labute approximate surface area is 312 Å². The van der Waals surface area contributed by atoms with Crippen LogP contribution in [0.25, 0.3) is 22.3 Å². The first-order valence-electron chi connectivity index (χ1n) is 17.4. The minimum Gasteiger partial charge on any atom is -0.363 e. The van der Waals surface area contributed by atoms with E-state index in [0.717, 1.165) is 65.4 Å². The van der Waals surface area contributed by atoms with Crippen LogP contribution in [0, 0.1) is 6.92 Å². The molecule has 51 heavy (non-hydrogen) atoms. The third-order valence-electron chi connectivity index (χ3n) is 9.33. The van der Waals surface area contributed by atoms with Gasteiger partial charge in [-0.25, -0.2) is 0 Å². The van der Waals surface area contributed by atoms with E-state index in [-0.39, 0.29) is 0 Å². The van der Waals surface area contributed by atoms with E-state index in [4.69, 9.17) is 23.2 Å². The topological polar surface area (TPSA) is 6.48 Å². The van der Waals surface area contributed by atoms with Crippen LogP contribution in [-0.4, -0.2) is 0 Å². The fraction of sp³-hybridized carbons (Fsp3) is 0.106. The largest absolute Gasteiger partial charge is 0.363 e. The standard InChI is InChI=1S/C47H40Cl2N2/c1-35-15-14-24-43(42-27-25-40(29-45(42)48)50(31-36-16-6-2-7-17-36)32-37-18-8-3-9-19-37)47(35)44-28-26-41(30-46(44)49)51(33-38-20-10-4-11-21-38)34-39-22-12-5-13-23-39/h2-30H,31-34H2,1H3. The van der Waals surface area contributed by atoms with Crippen LogP contribution in [0.2, 0.25) is 10.0 Å². The van der Waals surface area contributed by atoms with Crippen molar-refractivity contribution in [2.24, 2.45) is 0 Å². The van der Waals surface area contributed by atoms with Crippen molar-refractivity contribution in [3.63, 3.8) is 0 Å². The van der Waals surface area contributed by atoms with Crippen molar-refractivity contribution >= 4 is 34.6 Å². The molecule has 0 aliphatic rings. The van der Waals surface area contributed by atoms with Crippen LogP contribution in [0.5, 0.6) is 0 Å². The first-order chi connectivity index (χ1) is 25.0. The fourth-order valence-corrected chi connectivity index (χ4v) is 7.31. The second-order valence-corrected chi connectivity index (χ2v) is 13.8. The van der Waals surface area contributed by atoms with Crippen LogP contribution in [0.4, 0.5) is 11.4 Å². The van der Waals surface area contributed by atoms with Crippen molar-refractivity contribution in [1.82, 2.24) is 0 Å². The summed E-state index contributed by atoms with van der Waals surface area (Å²) in [5.41, 5.74) is 12.4. The summed E-state index contributed by atoms with van der Waals surface area (Å²) in [6.07, 6.45) is 0. The summed E-state index contributed by atoms with van der Waals surface area (Å²) in [7, 11) is 0. The molecule has 0 radical (unpaired) electrons. The zero-order chi connectivity index (χ0) is 35.0. The average molecular weight is 704 g/mol.